The smallest absolute Gasteiger partial charge is 0.433 e. The molecule has 0 radical (unpaired) electrons. The van der Waals surface area contributed by atoms with Crippen molar-refractivity contribution >= 4 is 32.8 Å². The van der Waals surface area contributed by atoms with Crippen LogP contribution in [0.15, 0.2) is 22.7 Å². The molecule has 1 aromatic heterocycles. The zero-order valence-electron chi connectivity index (χ0n) is 8.70. The van der Waals surface area contributed by atoms with Crippen molar-refractivity contribution in [3.8, 4) is 0 Å². The highest BCUT2D eigenvalue weighted by molar-refractivity contribution is 9.10. The molecule has 1 N–H and O–H groups in total. The zero-order valence-corrected chi connectivity index (χ0v) is 10.3. The number of hydrogen-bond acceptors (Lipinski definition) is 2. The number of halogens is 4. The third kappa shape index (κ3) is 2.33. The lowest BCUT2D eigenvalue weighted by Crippen LogP contribution is -2.19. The van der Waals surface area contributed by atoms with Crippen LogP contribution in [0.25, 0.3) is 10.9 Å². The summed E-state index contributed by atoms with van der Waals surface area (Å²) in [4.78, 5) is 10.6. The van der Waals surface area contributed by atoms with Crippen LogP contribution in [0.4, 0.5) is 13.2 Å². The van der Waals surface area contributed by atoms with Crippen molar-refractivity contribution in [1.82, 2.24) is 9.78 Å². The van der Waals surface area contributed by atoms with Crippen molar-refractivity contribution < 1.29 is 23.1 Å². The van der Waals surface area contributed by atoms with Crippen molar-refractivity contribution in [3.63, 3.8) is 0 Å². The maximum absolute atomic E-state index is 12.9. The number of aliphatic carboxylic acids is 1. The Balaban J connectivity index is 2.72. The number of nitrogens with zero attached hydrogens (tertiary/aromatic N) is 2. The normalized spacial score (nSPS) is 12.0. The fourth-order valence-corrected chi connectivity index (χ4v) is 2.00. The predicted molar refractivity (Wildman–Crippen MR) is 60.1 cm³/mol. The molecule has 0 unspecified atom stereocenters. The van der Waals surface area contributed by atoms with Crippen molar-refractivity contribution in [3.05, 3.63) is 28.4 Å². The van der Waals surface area contributed by atoms with Gasteiger partial charge < -0.3 is 5.11 Å². The van der Waals surface area contributed by atoms with Crippen LogP contribution in [-0.4, -0.2) is 20.9 Å². The molecule has 0 atom stereocenters. The molecular formula is C10H6BrF3N2O2. The van der Waals surface area contributed by atoms with Gasteiger partial charge in [0.05, 0.1) is 5.52 Å². The second-order valence-electron chi connectivity index (χ2n) is 3.56. The lowest BCUT2D eigenvalue weighted by Gasteiger charge is -2.08. The van der Waals surface area contributed by atoms with E-state index in [9.17, 15) is 18.0 Å². The van der Waals surface area contributed by atoms with Crippen LogP contribution in [0.1, 0.15) is 5.69 Å². The molecule has 0 amide bonds. The standard InChI is InChI=1S/C10H6BrF3N2O2/c11-5-1-2-6-7(3-5)15-16(4-8(17)18)9(6)10(12,13)14/h1-3H,4H2,(H,17,18). The molecule has 0 aliphatic heterocycles. The number of carboxylic acid groups (broad SMARTS) is 1. The molecule has 1 heterocycles. The number of hydrogen-bond donors (Lipinski definition) is 1. The summed E-state index contributed by atoms with van der Waals surface area (Å²) in [6, 6.07) is 4.11. The highest BCUT2D eigenvalue weighted by Gasteiger charge is 2.38. The van der Waals surface area contributed by atoms with Gasteiger partial charge in [0.1, 0.15) is 6.54 Å². The van der Waals surface area contributed by atoms with Crippen LogP contribution < -0.4 is 0 Å². The summed E-state index contributed by atoms with van der Waals surface area (Å²) < 4.78 is 39.7. The molecule has 0 bridgehead atoms. The van der Waals surface area contributed by atoms with E-state index >= 15 is 0 Å². The van der Waals surface area contributed by atoms with Crippen molar-refractivity contribution in [1.29, 1.82) is 0 Å². The molecule has 0 aliphatic carbocycles. The first-order valence-electron chi connectivity index (χ1n) is 4.74. The Kier molecular flexibility index (Phi) is 3.05. The molecule has 0 saturated carbocycles. The Hall–Kier alpha value is -1.57. The molecule has 0 spiro atoms. The lowest BCUT2D eigenvalue weighted by molar-refractivity contribution is -0.146. The Morgan fingerprint density at radius 3 is 2.67 bits per heavy atom. The molecule has 96 valence electrons. The summed E-state index contributed by atoms with van der Waals surface area (Å²) in [6.07, 6.45) is -4.65. The fourth-order valence-electron chi connectivity index (χ4n) is 1.65. The first-order chi connectivity index (χ1) is 8.29. The molecule has 0 fully saturated rings. The average molecular weight is 323 g/mol. The fraction of sp³-hybridized carbons (Fsp3) is 0.200. The topological polar surface area (TPSA) is 55.1 Å². The minimum Gasteiger partial charge on any atom is -0.480 e. The van der Waals surface area contributed by atoms with Crippen molar-refractivity contribution in [2.24, 2.45) is 0 Å². The summed E-state index contributed by atoms with van der Waals surface area (Å²) in [6.45, 7) is -0.832. The molecular weight excluding hydrogens is 317 g/mol. The third-order valence-electron chi connectivity index (χ3n) is 2.25. The van der Waals surface area contributed by atoms with Gasteiger partial charge in [-0.25, -0.2) is 4.68 Å². The van der Waals surface area contributed by atoms with E-state index in [1.54, 1.807) is 0 Å². The maximum atomic E-state index is 12.9. The Morgan fingerprint density at radius 2 is 2.11 bits per heavy atom. The lowest BCUT2D eigenvalue weighted by atomic mass is 10.2. The first kappa shape index (κ1) is 12.9. The van der Waals surface area contributed by atoms with Crippen molar-refractivity contribution in [2.45, 2.75) is 12.7 Å². The van der Waals surface area contributed by atoms with E-state index in [-0.39, 0.29) is 10.9 Å². The second kappa shape index (κ2) is 4.27. The van der Waals surface area contributed by atoms with Crippen LogP contribution in [0.5, 0.6) is 0 Å². The Bertz CT molecular complexity index is 621. The molecule has 8 heteroatoms. The van der Waals surface area contributed by atoms with E-state index in [1.165, 1.54) is 18.2 Å². The molecule has 0 saturated heterocycles. The van der Waals surface area contributed by atoms with Gasteiger partial charge in [0, 0.05) is 9.86 Å². The third-order valence-corrected chi connectivity index (χ3v) is 2.75. The van der Waals surface area contributed by atoms with Gasteiger partial charge in [-0.05, 0) is 18.2 Å². The Labute approximate surface area is 107 Å². The quantitative estimate of drug-likeness (QED) is 0.925. The van der Waals surface area contributed by atoms with E-state index < -0.39 is 24.4 Å². The van der Waals surface area contributed by atoms with Crippen molar-refractivity contribution in [2.75, 3.05) is 0 Å². The zero-order chi connectivity index (χ0) is 13.5. The van der Waals surface area contributed by atoms with E-state index in [2.05, 4.69) is 21.0 Å². The summed E-state index contributed by atoms with van der Waals surface area (Å²) in [5.74, 6) is -1.38. The Morgan fingerprint density at radius 1 is 1.44 bits per heavy atom. The van der Waals surface area contributed by atoms with Crippen LogP contribution >= 0.6 is 15.9 Å². The van der Waals surface area contributed by atoms with E-state index in [1.807, 2.05) is 0 Å². The van der Waals surface area contributed by atoms with Gasteiger partial charge >= 0.3 is 12.1 Å². The summed E-state index contributed by atoms with van der Waals surface area (Å²) in [7, 11) is 0. The van der Waals surface area contributed by atoms with E-state index in [4.69, 9.17) is 5.11 Å². The first-order valence-corrected chi connectivity index (χ1v) is 5.53. The number of carboxylic acids is 1. The van der Waals surface area contributed by atoms with Gasteiger partial charge in [-0.2, -0.15) is 18.3 Å². The molecule has 4 nitrogen and oxygen atoms in total. The summed E-state index contributed by atoms with van der Waals surface area (Å²) >= 11 is 3.12. The molecule has 2 aromatic rings. The number of aromatic nitrogens is 2. The van der Waals surface area contributed by atoms with Crippen LogP contribution in [0, 0.1) is 0 Å². The minimum absolute atomic E-state index is 0.0953. The largest absolute Gasteiger partial charge is 0.480 e. The number of rotatable bonds is 2. The van der Waals surface area contributed by atoms with Gasteiger partial charge in [0.25, 0.3) is 0 Å². The highest BCUT2D eigenvalue weighted by atomic mass is 79.9. The van der Waals surface area contributed by atoms with Gasteiger partial charge in [0.15, 0.2) is 5.69 Å². The van der Waals surface area contributed by atoms with E-state index in [0.717, 1.165) is 0 Å². The number of fused-ring (bicyclic) bond motifs is 1. The monoisotopic (exact) mass is 322 g/mol. The van der Waals surface area contributed by atoms with Gasteiger partial charge in [-0.1, -0.05) is 15.9 Å². The van der Waals surface area contributed by atoms with Crippen LogP contribution in [0.3, 0.4) is 0 Å². The second-order valence-corrected chi connectivity index (χ2v) is 4.47. The molecule has 0 aliphatic rings. The van der Waals surface area contributed by atoms with Crippen LogP contribution in [0.2, 0.25) is 0 Å². The van der Waals surface area contributed by atoms with Gasteiger partial charge in [0.2, 0.25) is 0 Å². The van der Waals surface area contributed by atoms with E-state index in [0.29, 0.717) is 9.15 Å². The minimum atomic E-state index is -4.65. The number of alkyl halides is 3. The predicted octanol–water partition coefficient (Wildman–Crippen LogP) is 2.90. The SMILES string of the molecule is O=C(O)Cn1nc2cc(Br)ccc2c1C(F)(F)F. The van der Waals surface area contributed by atoms with Crippen LogP contribution in [-0.2, 0) is 17.5 Å². The molecule has 2 rings (SSSR count). The summed E-state index contributed by atoms with van der Waals surface area (Å²) in [5.41, 5.74) is -0.953. The highest BCUT2D eigenvalue weighted by Crippen LogP contribution is 2.35. The summed E-state index contributed by atoms with van der Waals surface area (Å²) in [5, 5.41) is 12.1. The molecule has 1 aromatic carbocycles. The van der Waals surface area contributed by atoms with Gasteiger partial charge in [-0.15, -0.1) is 0 Å². The number of benzene rings is 1. The maximum Gasteiger partial charge on any atom is 0.433 e. The average Bonchev–Trinajstić information content (AvgIpc) is 2.52. The van der Waals surface area contributed by atoms with Gasteiger partial charge in [-0.3, -0.25) is 4.79 Å². The number of carbonyl (C=O) groups is 1. The molecule has 18 heavy (non-hydrogen) atoms.